The van der Waals surface area contributed by atoms with E-state index < -0.39 is 14.0 Å². The molecule has 1 fully saturated rings. The second-order valence-electron chi connectivity index (χ2n) is 7.24. The second kappa shape index (κ2) is 8.12. The number of likely N-dealkylation sites (tertiary alicyclic amines) is 1. The van der Waals surface area contributed by atoms with Crippen LogP contribution in [0.4, 0.5) is 0 Å². The quantitative estimate of drug-likeness (QED) is 0.373. The highest BCUT2D eigenvalue weighted by Gasteiger charge is 2.36. The lowest BCUT2D eigenvalue weighted by Gasteiger charge is -2.31. The summed E-state index contributed by atoms with van der Waals surface area (Å²) in [6.45, 7) is 7.40. The van der Waals surface area contributed by atoms with Gasteiger partial charge in [-0.1, -0.05) is 43.4 Å². The molecule has 0 N–H and O–H groups in total. The first-order chi connectivity index (χ1) is 11.2. The van der Waals surface area contributed by atoms with Gasteiger partial charge in [0.05, 0.1) is 10.9 Å². The van der Waals surface area contributed by atoms with E-state index >= 15 is 0 Å². The van der Waals surface area contributed by atoms with Crippen molar-refractivity contribution in [2.45, 2.75) is 44.4 Å². The molecule has 0 radical (unpaired) electrons. The van der Waals surface area contributed by atoms with E-state index in [-0.39, 0.29) is 18.5 Å². The van der Waals surface area contributed by atoms with Crippen LogP contribution in [-0.4, -0.2) is 38.1 Å². The summed E-state index contributed by atoms with van der Waals surface area (Å²) in [5.41, 5.74) is 0.760. The largest absolute Gasteiger partial charge is 0.361 e. The van der Waals surface area contributed by atoms with Crippen molar-refractivity contribution in [3.8, 4) is 0 Å². The Balaban J connectivity index is 2.05. The molecule has 1 atom stereocenters. The average molecular weight is 433 g/mol. The minimum atomic E-state index is -1.19. The first-order valence-electron chi connectivity index (χ1n) is 8.06. The highest BCUT2D eigenvalue weighted by Crippen LogP contribution is 2.36. The average Bonchev–Trinajstić information content (AvgIpc) is 2.49. The van der Waals surface area contributed by atoms with Crippen LogP contribution < -0.4 is 0 Å². The number of imide groups is 1. The van der Waals surface area contributed by atoms with Crippen LogP contribution in [0.1, 0.15) is 24.3 Å². The van der Waals surface area contributed by atoms with Gasteiger partial charge in [-0.15, -0.1) is 0 Å². The molecular formula is C17H23BrClNO3Si. The molecule has 1 aromatic carbocycles. The fourth-order valence-electron chi connectivity index (χ4n) is 2.59. The Bertz CT molecular complexity index is 633. The number of piperidine rings is 1. The molecule has 1 unspecified atom stereocenters. The third-order valence-corrected chi connectivity index (χ3v) is 7.10. The maximum atomic E-state index is 12.8. The van der Waals surface area contributed by atoms with E-state index in [1.54, 1.807) is 0 Å². The van der Waals surface area contributed by atoms with Crippen molar-refractivity contribution in [1.82, 2.24) is 4.90 Å². The molecule has 1 saturated heterocycles. The standard InChI is InChI=1S/C17H23BrClNO3Si/c1-24(2,3)10-9-23-11-20-15(21)8-7-13(17(20)22)12-5-4-6-14(18)16(12)19/h4-6,13H,7-11H2,1-3H3. The molecule has 1 aliphatic heterocycles. The van der Waals surface area contributed by atoms with Gasteiger partial charge in [-0.25, -0.2) is 0 Å². The van der Waals surface area contributed by atoms with Gasteiger partial charge in [-0.3, -0.25) is 14.5 Å². The van der Waals surface area contributed by atoms with Crippen LogP contribution in [-0.2, 0) is 14.3 Å². The number of amides is 2. The molecule has 7 heteroatoms. The summed E-state index contributed by atoms with van der Waals surface area (Å²) in [5.74, 6) is -0.789. The fourth-order valence-corrected chi connectivity index (χ4v) is 3.98. The first kappa shape index (κ1) is 19.6. The van der Waals surface area contributed by atoms with Crippen LogP contribution in [0.25, 0.3) is 0 Å². The molecule has 0 saturated carbocycles. The van der Waals surface area contributed by atoms with Crippen molar-refractivity contribution >= 4 is 47.4 Å². The third kappa shape index (κ3) is 4.91. The smallest absolute Gasteiger partial charge is 0.238 e. The number of carbonyl (C=O) groups excluding carboxylic acids is 2. The van der Waals surface area contributed by atoms with Gasteiger partial charge in [0.2, 0.25) is 11.8 Å². The molecule has 0 bridgehead atoms. The summed E-state index contributed by atoms with van der Waals surface area (Å²) in [6, 6.07) is 6.53. The zero-order chi connectivity index (χ0) is 17.9. The normalized spacial score (nSPS) is 19.0. The van der Waals surface area contributed by atoms with E-state index in [4.69, 9.17) is 16.3 Å². The van der Waals surface area contributed by atoms with Crippen LogP contribution in [0.15, 0.2) is 22.7 Å². The molecule has 2 rings (SSSR count). The Kier molecular flexibility index (Phi) is 6.64. The first-order valence-corrected chi connectivity index (χ1v) is 12.9. The van der Waals surface area contributed by atoms with Gasteiger partial charge in [0.15, 0.2) is 0 Å². The maximum Gasteiger partial charge on any atom is 0.238 e. The van der Waals surface area contributed by atoms with Crippen LogP contribution in [0, 0.1) is 0 Å². The van der Waals surface area contributed by atoms with Crippen LogP contribution >= 0.6 is 27.5 Å². The SMILES string of the molecule is C[Si](C)(C)CCOCN1C(=O)CCC(c2cccc(Br)c2Cl)C1=O. The number of rotatable bonds is 6. The molecule has 0 aliphatic carbocycles. The number of ether oxygens (including phenoxy) is 1. The van der Waals surface area contributed by atoms with Gasteiger partial charge in [0, 0.05) is 25.6 Å². The van der Waals surface area contributed by atoms with E-state index in [9.17, 15) is 9.59 Å². The number of nitrogens with zero attached hydrogens (tertiary/aromatic N) is 1. The topological polar surface area (TPSA) is 46.6 Å². The Morgan fingerprint density at radius 3 is 2.71 bits per heavy atom. The molecule has 4 nitrogen and oxygen atoms in total. The molecule has 1 aliphatic rings. The number of halogens is 2. The zero-order valence-corrected chi connectivity index (χ0v) is 17.6. The van der Waals surface area contributed by atoms with Crippen molar-refractivity contribution in [3.63, 3.8) is 0 Å². The predicted molar refractivity (Wildman–Crippen MR) is 102 cm³/mol. The molecule has 0 spiro atoms. The van der Waals surface area contributed by atoms with E-state index in [0.29, 0.717) is 24.5 Å². The Morgan fingerprint density at radius 2 is 2.04 bits per heavy atom. The van der Waals surface area contributed by atoms with Crippen molar-refractivity contribution in [2.24, 2.45) is 0 Å². The third-order valence-electron chi connectivity index (χ3n) is 4.09. The van der Waals surface area contributed by atoms with Gasteiger partial charge in [-0.2, -0.15) is 0 Å². The molecular weight excluding hydrogens is 410 g/mol. The highest BCUT2D eigenvalue weighted by molar-refractivity contribution is 9.10. The molecule has 132 valence electrons. The minimum Gasteiger partial charge on any atom is -0.361 e. The van der Waals surface area contributed by atoms with Crippen molar-refractivity contribution < 1.29 is 14.3 Å². The molecule has 2 amide bonds. The van der Waals surface area contributed by atoms with E-state index in [2.05, 4.69) is 35.6 Å². The zero-order valence-electron chi connectivity index (χ0n) is 14.3. The summed E-state index contributed by atoms with van der Waals surface area (Å²) in [5, 5.41) is 0.532. The lowest BCUT2D eigenvalue weighted by Crippen LogP contribution is -2.45. The van der Waals surface area contributed by atoms with E-state index in [0.717, 1.165) is 16.1 Å². The van der Waals surface area contributed by atoms with Crippen LogP contribution in [0.3, 0.4) is 0 Å². The highest BCUT2D eigenvalue weighted by atomic mass is 79.9. The minimum absolute atomic E-state index is 0.0320. The number of hydrogen-bond donors (Lipinski definition) is 0. The van der Waals surface area contributed by atoms with E-state index in [1.165, 1.54) is 4.90 Å². The summed E-state index contributed by atoms with van der Waals surface area (Å²) < 4.78 is 6.36. The van der Waals surface area contributed by atoms with Crippen LogP contribution in [0.5, 0.6) is 0 Å². The van der Waals surface area contributed by atoms with Gasteiger partial charge >= 0.3 is 0 Å². The van der Waals surface area contributed by atoms with Crippen molar-refractivity contribution in [1.29, 1.82) is 0 Å². The summed E-state index contributed by atoms with van der Waals surface area (Å²) in [7, 11) is -1.19. The predicted octanol–water partition coefficient (Wildman–Crippen LogP) is 4.65. The Hall–Kier alpha value is -0.693. The van der Waals surface area contributed by atoms with Gasteiger partial charge in [0.1, 0.15) is 6.73 Å². The van der Waals surface area contributed by atoms with Crippen molar-refractivity contribution in [2.75, 3.05) is 13.3 Å². The summed E-state index contributed by atoms with van der Waals surface area (Å²) in [4.78, 5) is 26.1. The monoisotopic (exact) mass is 431 g/mol. The molecule has 1 heterocycles. The van der Waals surface area contributed by atoms with Crippen molar-refractivity contribution in [3.05, 3.63) is 33.3 Å². The lowest BCUT2D eigenvalue weighted by molar-refractivity contribution is -0.155. The van der Waals surface area contributed by atoms with Gasteiger partial charge in [0.25, 0.3) is 0 Å². The Morgan fingerprint density at radius 1 is 1.33 bits per heavy atom. The lowest BCUT2D eigenvalue weighted by atomic mass is 9.89. The maximum absolute atomic E-state index is 12.8. The molecule has 24 heavy (non-hydrogen) atoms. The fraction of sp³-hybridized carbons (Fsp3) is 0.529. The Labute approximate surface area is 157 Å². The number of carbonyl (C=O) groups is 2. The second-order valence-corrected chi connectivity index (χ2v) is 14.1. The van der Waals surface area contributed by atoms with E-state index in [1.807, 2.05) is 18.2 Å². The molecule has 0 aromatic heterocycles. The number of benzene rings is 1. The summed E-state index contributed by atoms with van der Waals surface area (Å²) in [6.07, 6.45) is 0.815. The molecule has 1 aromatic rings. The van der Waals surface area contributed by atoms with Gasteiger partial charge < -0.3 is 4.74 Å². The summed E-state index contributed by atoms with van der Waals surface area (Å²) >= 11 is 9.71. The number of hydrogen-bond acceptors (Lipinski definition) is 3. The van der Waals surface area contributed by atoms with Gasteiger partial charge in [-0.05, 0) is 40.0 Å². The van der Waals surface area contributed by atoms with Crippen LogP contribution in [0.2, 0.25) is 30.7 Å².